The van der Waals surface area contributed by atoms with E-state index in [0.29, 0.717) is 20.3 Å². The van der Waals surface area contributed by atoms with Gasteiger partial charge in [-0.15, -0.1) is 0 Å². The maximum atomic E-state index is 13.3. The van der Waals surface area contributed by atoms with Gasteiger partial charge < -0.3 is 5.11 Å². The van der Waals surface area contributed by atoms with E-state index in [4.69, 9.17) is 11.6 Å². The molecule has 0 saturated carbocycles. The molecule has 5 heteroatoms. The Hall–Kier alpha value is -0.720. The summed E-state index contributed by atoms with van der Waals surface area (Å²) in [6, 6.07) is 6.76. The Morgan fingerprint density at radius 3 is 2.47 bits per heavy atom. The molecule has 0 radical (unpaired) electrons. The van der Waals surface area contributed by atoms with E-state index in [1.54, 1.807) is 6.92 Å². The summed E-state index contributed by atoms with van der Waals surface area (Å²) < 4.78 is 27.0. The summed E-state index contributed by atoms with van der Waals surface area (Å²) in [5.41, 5.74) is 1.34. The van der Waals surface area contributed by atoms with Gasteiger partial charge in [-0.2, -0.15) is 0 Å². The first-order valence-corrected chi connectivity index (χ1v) is 6.94. The van der Waals surface area contributed by atoms with Crippen molar-refractivity contribution < 1.29 is 13.9 Å². The Morgan fingerprint density at radius 1 is 1.16 bits per heavy atom. The van der Waals surface area contributed by atoms with Crippen LogP contribution in [0, 0.1) is 22.1 Å². The van der Waals surface area contributed by atoms with Crippen LogP contribution in [0.15, 0.2) is 30.3 Å². The third kappa shape index (κ3) is 3.07. The summed E-state index contributed by atoms with van der Waals surface area (Å²) in [6.07, 6.45) is -1.01. The molecular weight excluding hydrogens is 385 g/mol. The molecule has 0 heterocycles. The minimum atomic E-state index is -1.01. The van der Waals surface area contributed by atoms with Crippen molar-refractivity contribution in [3.63, 3.8) is 0 Å². The Bertz CT molecular complexity index is 631. The van der Waals surface area contributed by atoms with Gasteiger partial charge in [-0.25, -0.2) is 8.78 Å². The van der Waals surface area contributed by atoms with Crippen LogP contribution in [0.2, 0.25) is 5.02 Å². The van der Waals surface area contributed by atoms with E-state index in [9.17, 15) is 13.9 Å². The van der Waals surface area contributed by atoms with Crippen LogP contribution in [0.25, 0.3) is 0 Å². The average molecular weight is 395 g/mol. The summed E-state index contributed by atoms with van der Waals surface area (Å²) >= 11 is 7.89. The van der Waals surface area contributed by atoms with Gasteiger partial charge in [0.2, 0.25) is 0 Å². The lowest BCUT2D eigenvalue weighted by Crippen LogP contribution is -2.04. The van der Waals surface area contributed by atoms with Crippen molar-refractivity contribution >= 4 is 34.2 Å². The topological polar surface area (TPSA) is 20.2 Å². The number of aliphatic hydroxyl groups excluding tert-OH is 1. The largest absolute Gasteiger partial charge is 0.384 e. The highest BCUT2D eigenvalue weighted by molar-refractivity contribution is 14.1. The highest BCUT2D eigenvalue weighted by atomic mass is 127. The summed E-state index contributed by atoms with van der Waals surface area (Å²) in [6.45, 7) is 1.59. The summed E-state index contributed by atoms with van der Waals surface area (Å²) in [7, 11) is 0. The molecule has 0 aromatic heterocycles. The maximum Gasteiger partial charge on any atom is 0.127 e. The zero-order valence-corrected chi connectivity index (χ0v) is 12.8. The Balaban J connectivity index is 2.49. The third-order valence-electron chi connectivity index (χ3n) is 2.83. The number of rotatable bonds is 2. The minimum absolute atomic E-state index is 0.149. The molecule has 0 amide bonds. The van der Waals surface area contributed by atoms with E-state index in [-0.39, 0.29) is 10.8 Å². The fourth-order valence-corrected chi connectivity index (χ4v) is 2.81. The molecule has 2 aromatic carbocycles. The normalized spacial score (nSPS) is 12.5. The van der Waals surface area contributed by atoms with Gasteiger partial charge in [0.15, 0.2) is 0 Å². The number of aryl methyl sites for hydroxylation is 1. The van der Waals surface area contributed by atoms with Gasteiger partial charge in [0, 0.05) is 14.2 Å². The van der Waals surface area contributed by atoms with Crippen molar-refractivity contribution in [2.45, 2.75) is 13.0 Å². The van der Waals surface area contributed by atoms with Crippen LogP contribution in [-0.2, 0) is 0 Å². The predicted molar refractivity (Wildman–Crippen MR) is 79.3 cm³/mol. The molecule has 0 fully saturated rings. The van der Waals surface area contributed by atoms with Gasteiger partial charge in [0.1, 0.15) is 17.7 Å². The van der Waals surface area contributed by atoms with Crippen molar-refractivity contribution in [3.05, 3.63) is 67.2 Å². The number of benzene rings is 2. The van der Waals surface area contributed by atoms with Gasteiger partial charge >= 0.3 is 0 Å². The van der Waals surface area contributed by atoms with Gasteiger partial charge in [-0.1, -0.05) is 17.7 Å². The van der Waals surface area contributed by atoms with Crippen molar-refractivity contribution in [2.75, 3.05) is 0 Å². The van der Waals surface area contributed by atoms with E-state index in [2.05, 4.69) is 0 Å². The average Bonchev–Trinajstić information content (AvgIpc) is 2.33. The molecule has 0 saturated heterocycles. The first kappa shape index (κ1) is 14.7. The minimum Gasteiger partial charge on any atom is -0.384 e. The van der Waals surface area contributed by atoms with Crippen molar-refractivity contribution in [1.29, 1.82) is 0 Å². The van der Waals surface area contributed by atoms with Crippen LogP contribution in [-0.4, -0.2) is 5.11 Å². The monoisotopic (exact) mass is 394 g/mol. The van der Waals surface area contributed by atoms with E-state index >= 15 is 0 Å². The second kappa shape index (κ2) is 5.73. The molecule has 0 aliphatic heterocycles. The number of hydrogen-bond acceptors (Lipinski definition) is 1. The van der Waals surface area contributed by atoms with Gasteiger partial charge in [0.25, 0.3) is 0 Å². The van der Waals surface area contributed by atoms with E-state index in [1.165, 1.54) is 30.3 Å². The molecule has 19 heavy (non-hydrogen) atoms. The smallest absolute Gasteiger partial charge is 0.127 e. The lowest BCUT2D eigenvalue weighted by Gasteiger charge is -2.16. The number of halogens is 4. The molecule has 1 nitrogen and oxygen atoms in total. The third-order valence-corrected chi connectivity index (χ3v) is 4.09. The molecule has 1 N–H and O–H groups in total. The van der Waals surface area contributed by atoms with Gasteiger partial charge in [-0.05, 0) is 64.9 Å². The zero-order valence-electron chi connectivity index (χ0n) is 9.92. The van der Waals surface area contributed by atoms with Crippen LogP contribution in [0.1, 0.15) is 22.8 Å². The van der Waals surface area contributed by atoms with Crippen molar-refractivity contribution in [3.8, 4) is 0 Å². The fourth-order valence-electron chi connectivity index (χ4n) is 1.78. The van der Waals surface area contributed by atoms with Crippen molar-refractivity contribution in [2.24, 2.45) is 0 Å². The first-order chi connectivity index (χ1) is 8.90. The molecule has 1 atom stereocenters. The Kier molecular flexibility index (Phi) is 4.43. The van der Waals surface area contributed by atoms with Crippen LogP contribution in [0.4, 0.5) is 8.78 Å². The van der Waals surface area contributed by atoms with Gasteiger partial charge in [-0.3, -0.25) is 0 Å². The molecule has 0 aliphatic carbocycles. The molecule has 2 aromatic rings. The van der Waals surface area contributed by atoms with Crippen LogP contribution in [0.3, 0.4) is 0 Å². The van der Waals surface area contributed by atoms with Crippen molar-refractivity contribution in [1.82, 2.24) is 0 Å². The van der Waals surface area contributed by atoms with E-state index in [0.717, 1.165) is 0 Å². The zero-order chi connectivity index (χ0) is 14.2. The number of aliphatic hydroxyl groups is 1. The molecule has 0 aliphatic rings. The lowest BCUT2D eigenvalue weighted by atomic mass is 9.99. The molecule has 100 valence electrons. The second-order valence-corrected chi connectivity index (χ2v) is 5.76. The summed E-state index contributed by atoms with van der Waals surface area (Å²) in [5, 5.41) is 10.5. The highest BCUT2D eigenvalue weighted by Gasteiger charge is 2.18. The maximum absolute atomic E-state index is 13.3. The van der Waals surface area contributed by atoms with Crippen LogP contribution < -0.4 is 0 Å². The number of hydrogen-bond donors (Lipinski definition) is 1. The van der Waals surface area contributed by atoms with E-state index in [1.807, 2.05) is 22.6 Å². The lowest BCUT2D eigenvalue weighted by molar-refractivity contribution is 0.219. The van der Waals surface area contributed by atoms with E-state index < -0.39 is 11.9 Å². The van der Waals surface area contributed by atoms with Crippen LogP contribution in [0.5, 0.6) is 0 Å². The Morgan fingerprint density at radius 2 is 1.84 bits per heavy atom. The molecule has 0 bridgehead atoms. The quantitative estimate of drug-likeness (QED) is 0.738. The Labute approximate surface area is 128 Å². The predicted octanol–water partition coefficient (Wildman–Crippen LogP) is 4.61. The first-order valence-electron chi connectivity index (χ1n) is 5.48. The fraction of sp³-hybridized carbons (Fsp3) is 0.143. The summed E-state index contributed by atoms with van der Waals surface area (Å²) in [4.78, 5) is 0. The SMILES string of the molecule is Cc1cc(C(O)c2ccc(F)cc2I)c(Cl)cc1F. The second-order valence-electron chi connectivity index (χ2n) is 4.19. The molecule has 0 spiro atoms. The molecule has 2 rings (SSSR count). The standard InChI is InChI=1S/C14H10ClF2IO/c1-7-4-10(11(15)6-12(7)17)14(19)9-3-2-8(16)5-13(9)18/h2-6,14,19H,1H3. The molecule has 1 unspecified atom stereocenters. The van der Waals surface area contributed by atoms with Crippen LogP contribution >= 0.6 is 34.2 Å². The summed E-state index contributed by atoms with van der Waals surface area (Å²) in [5.74, 6) is -0.795. The van der Waals surface area contributed by atoms with Gasteiger partial charge in [0.05, 0.1) is 0 Å². The molecular formula is C14H10ClF2IO. The highest BCUT2D eigenvalue weighted by Crippen LogP contribution is 2.32.